The normalized spacial score (nSPS) is 18.4. The summed E-state index contributed by atoms with van der Waals surface area (Å²) in [5.74, 6) is 1.61. The van der Waals surface area contributed by atoms with Gasteiger partial charge in [-0.15, -0.1) is 0 Å². The minimum atomic E-state index is -0.157. The number of benzene rings is 1. The molecule has 2 amide bonds. The lowest BCUT2D eigenvalue weighted by Crippen LogP contribution is -2.44. The van der Waals surface area contributed by atoms with Crippen LogP contribution in [0, 0.1) is 0 Å². The molecule has 0 bridgehead atoms. The smallest absolute Gasteiger partial charge is 0.319 e. The molecular formula is C24H35N7O2. The van der Waals surface area contributed by atoms with Crippen molar-refractivity contribution in [3.8, 4) is 11.4 Å². The molecule has 1 atom stereocenters. The van der Waals surface area contributed by atoms with Crippen LogP contribution in [0.25, 0.3) is 11.4 Å². The first-order chi connectivity index (χ1) is 16.0. The van der Waals surface area contributed by atoms with Crippen molar-refractivity contribution in [2.75, 3.05) is 57.2 Å². The highest BCUT2D eigenvalue weighted by molar-refractivity contribution is 5.89. The number of carbonyl (C=O) groups is 1. The van der Waals surface area contributed by atoms with Crippen molar-refractivity contribution in [2.45, 2.75) is 38.4 Å². The first-order valence-corrected chi connectivity index (χ1v) is 11.7. The Kier molecular flexibility index (Phi) is 7.74. The second-order valence-electron chi connectivity index (χ2n) is 9.09. The highest BCUT2D eigenvalue weighted by Crippen LogP contribution is 2.24. The first kappa shape index (κ1) is 23.4. The van der Waals surface area contributed by atoms with Crippen molar-refractivity contribution < 1.29 is 9.53 Å². The lowest BCUT2D eigenvalue weighted by molar-refractivity contribution is 0.0985. The largest absolute Gasteiger partial charge is 0.377 e. The molecule has 0 radical (unpaired) electrons. The van der Waals surface area contributed by atoms with Gasteiger partial charge in [0.25, 0.3) is 0 Å². The summed E-state index contributed by atoms with van der Waals surface area (Å²) in [7, 11) is 4.13. The zero-order valence-corrected chi connectivity index (χ0v) is 19.8. The molecule has 0 unspecified atom stereocenters. The van der Waals surface area contributed by atoms with E-state index in [0.717, 1.165) is 55.2 Å². The molecule has 9 nitrogen and oxygen atoms in total. The molecule has 1 aliphatic carbocycles. The number of amides is 2. The Labute approximate surface area is 195 Å². The van der Waals surface area contributed by atoms with Crippen LogP contribution in [0.3, 0.4) is 0 Å². The second-order valence-corrected chi connectivity index (χ2v) is 9.09. The maximum Gasteiger partial charge on any atom is 0.319 e. The fraction of sp³-hybridized carbons (Fsp3) is 0.542. The molecule has 9 heteroatoms. The van der Waals surface area contributed by atoms with Gasteiger partial charge in [-0.2, -0.15) is 0 Å². The quantitative estimate of drug-likeness (QED) is 0.502. The number of nitrogens with one attached hydrogen (secondary N) is 3. The number of morpholine rings is 1. The summed E-state index contributed by atoms with van der Waals surface area (Å²) >= 11 is 0. The van der Waals surface area contributed by atoms with E-state index < -0.39 is 0 Å². The summed E-state index contributed by atoms with van der Waals surface area (Å²) in [4.78, 5) is 26.2. The third kappa shape index (κ3) is 6.86. The number of hydrogen-bond donors (Lipinski definition) is 3. The van der Waals surface area contributed by atoms with Crippen molar-refractivity contribution >= 4 is 17.5 Å². The van der Waals surface area contributed by atoms with Gasteiger partial charge >= 0.3 is 6.03 Å². The van der Waals surface area contributed by atoms with Crippen molar-refractivity contribution in [1.82, 2.24) is 25.5 Å². The summed E-state index contributed by atoms with van der Waals surface area (Å²) in [5, 5.41) is 9.30. The molecule has 2 fully saturated rings. The number of urea groups is 1. The van der Waals surface area contributed by atoms with Crippen LogP contribution in [-0.4, -0.2) is 79.9 Å². The minimum absolute atomic E-state index is 0.157. The first-order valence-electron chi connectivity index (χ1n) is 11.7. The maximum atomic E-state index is 12.0. The molecular weight excluding hydrogens is 418 g/mol. The van der Waals surface area contributed by atoms with E-state index in [0.29, 0.717) is 31.6 Å². The highest BCUT2D eigenvalue weighted by Gasteiger charge is 2.23. The molecule has 1 saturated heterocycles. The van der Waals surface area contributed by atoms with Crippen LogP contribution in [0.4, 0.5) is 16.3 Å². The number of nitrogens with zero attached hydrogens (tertiary/aromatic N) is 4. The Bertz CT molecular complexity index is 931. The van der Waals surface area contributed by atoms with Crippen LogP contribution in [0.5, 0.6) is 0 Å². The lowest BCUT2D eigenvalue weighted by Gasteiger charge is -2.34. The predicted molar refractivity (Wildman–Crippen MR) is 131 cm³/mol. The number of rotatable bonds is 9. The van der Waals surface area contributed by atoms with Crippen LogP contribution in [-0.2, 0) is 11.3 Å². The number of aromatic nitrogens is 2. The zero-order valence-electron chi connectivity index (χ0n) is 19.8. The maximum absolute atomic E-state index is 12.0. The zero-order chi connectivity index (χ0) is 23.2. The standard InChI is InChI=1S/C24H35N7O2/c1-17-16-33-13-12-31(17)22-14-21(15-25-10-11-30(2)3)26-23(29-22)18-4-6-19(7-5-18)27-24(32)28-20-8-9-20/h4-7,14,17,20,25H,8-13,15-16H2,1-3H3,(H2,27,28,32)/t17-/m0/s1. The van der Waals surface area contributed by atoms with E-state index in [1.165, 1.54) is 0 Å². The van der Waals surface area contributed by atoms with Gasteiger partial charge in [-0.25, -0.2) is 14.8 Å². The molecule has 1 aromatic heterocycles. The van der Waals surface area contributed by atoms with E-state index in [1.807, 2.05) is 24.3 Å². The summed E-state index contributed by atoms with van der Waals surface area (Å²) in [6.45, 7) is 6.89. The summed E-state index contributed by atoms with van der Waals surface area (Å²) < 4.78 is 5.61. The van der Waals surface area contributed by atoms with Gasteiger partial charge in [-0.05, 0) is 58.1 Å². The van der Waals surface area contributed by atoms with Gasteiger partial charge in [0, 0.05) is 49.5 Å². The number of likely N-dealkylation sites (N-methyl/N-ethyl adjacent to an activating group) is 1. The molecule has 2 aliphatic rings. The Morgan fingerprint density at radius 2 is 2.00 bits per heavy atom. The van der Waals surface area contributed by atoms with Crippen LogP contribution in [0.1, 0.15) is 25.5 Å². The molecule has 4 rings (SSSR count). The number of hydrogen-bond acceptors (Lipinski definition) is 7. The van der Waals surface area contributed by atoms with Crippen LogP contribution < -0.4 is 20.9 Å². The lowest BCUT2D eigenvalue weighted by atomic mass is 10.1. The van der Waals surface area contributed by atoms with Gasteiger partial charge in [-0.3, -0.25) is 0 Å². The molecule has 33 heavy (non-hydrogen) atoms. The Morgan fingerprint density at radius 1 is 1.21 bits per heavy atom. The molecule has 2 heterocycles. The van der Waals surface area contributed by atoms with Gasteiger partial charge in [0.2, 0.25) is 0 Å². The van der Waals surface area contributed by atoms with Crippen LogP contribution in [0.15, 0.2) is 30.3 Å². The third-order valence-corrected chi connectivity index (χ3v) is 5.78. The van der Waals surface area contributed by atoms with E-state index >= 15 is 0 Å². The van der Waals surface area contributed by atoms with E-state index in [9.17, 15) is 4.79 Å². The number of ether oxygens (including phenoxy) is 1. The van der Waals surface area contributed by atoms with E-state index in [1.54, 1.807) is 0 Å². The van der Waals surface area contributed by atoms with E-state index in [-0.39, 0.29) is 12.1 Å². The molecule has 0 spiro atoms. The minimum Gasteiger partial charge on any atom is -0.377 e. The van der Waals surface area contributed by atoms with E-state index in [2.05, 4.69) is 52.8 Å². The molecule has 1 saturated carbocycles. The monoisotopic (exact) mass is 453 g/mol. The molecule has 1 aliphatic heterocycles. The predicted octanol–water partition coefficient (Wildman–Crippen LogP) is 2.30. The Hall–Kier alpha value is -2.75. The summed E-state index contributed by atoms with van der Waals surface area (Å²) in [5.41, 5.74) is 2.62. The van der Waals surface area contributed by atoms with Crippen molar-refractivity contribution in [2.24, 2.45) is 0 Å². The van der Waals surface area contributed by atoms with Gasteiger partial charge in [0.15, 0.2) is 5.82 Å². The van der Waals surface area contributed by atoms with Crippen molar-refractivity contribution in [1.29, 1.82) is 0 Å². The van der Waals surface area contributed by atoms with Gasteiger partial charge in [0.1, 0.15) is 5.82 Å². The molecule has 3 N–H and O–H groups in total. The molecule has 2 aromatic rings. The fourth-order valence-electron chi connectivity index (χ4n) is 3.72. The van der Waals surface area contributed by atoms with Crippen molar-refractivity contribution in [3.05, 3.63) is 36.0 Å². The van der Waals surface area contributed by atoms with Gasteiger partial charge in [-0.1, -0.05) is 0 Å². The van der Waals surface area contributed by atoms with Gasteiger partial charge < -0.3 is 30.5 Å². The average Bonchev–Trinajstić information content (AvgIpc) is 3.61. The molecule has 178 valence electrons. The second kappa shape index (κ2) is 10.9. The molecule has 1 aromatic carbocycles. The van der Waals surface area contributed by atoms with Gasteiger partial charge in [0.05, 0.1) is 24.9 Å². The Balaban J connectivity index is 1.51. The third-order valence-electron chi connectivity index (χ3n) is 5.78. The van der Waals surface area contributed by atoms with Crippen LogP contribution in [0.2, 0.25) is 0 Å². The van der Waals surface area contributed by atoms with E-state index in [4.69, 9.17) is 14.7 Å². The summed E-state index contributed by atoms with van der Waals surface area (Å²) in [6, 6.07) is 10.2. The van der Waals surface area contributed by atoms with Crippen molar-refractivity contribution in [3.63, 3.8) is 0 Å². The average molecular weight is 454 g/mol. The topological polar surface area (TPSA) is 94.7 Å². The SMILES string of the molecule is C[C@H]1COCCN1c1cc(CNCCN(C)C)nc(-c2ccc(NC(=O)NC3CC3)cc2)n1. The fourth-order valence-corrected chi connectivity index (χ4v) is 3.72. The van der Waals surface area contributed by atoms with Crippen LogP contribution >= 0.6 is 0 Å². The summed E-state index contributed by atoms with van der Waals surface area (Å²) in [6.07, 6.45) is 2.13. The Morgan fingerprint density at radius 3 is 2.70 bits per heavy atom. The number of carbonyl (C=O) groups excluding carboxylic acids is 1. The highest BCUT2D eigenvalue weighted by atomic mass is 16.5. The number of anilines is 2.